The van der Waals surface area contributed by atoms with Gasteiger partial charge < -0.3 is 10.1 Å². The zero-order valence-corrected chi connectivity index (χ0v) is 12.3. The van der Waals surface area contributed by atoms with Gasteiger partial charge in [-0.1, -0.05) is 30.3 Å². The number of aliphatic imine (C=N–C) groups is 1. The quantitative estimate of drug-likeness (QED) is 0.880. The van der Waals surface area contributed by atoms with Crippen molar-refractivity contribution in [1.29, 1.82) is 0 Å². The fourth-order valence-electron chi connectivity index (χ4n) is 2.75. The summed E-state index contributed by atoms with van der Waals surface area (Å²) in [6.07, 6.45) is 1.08. The number of amides is 1. The number of carbonyl (C=O) groups is 1. The van der Waals surface area contributed by atoms with Crippen LogP contribution in [0.25, 0.3) is 6.08 Å². The van der Waals surface area contributed by atoms with E-state index in [1.54, 1.807) is 18.2 Å². The summed E-state index contributed by atoms with van der Waals surface area (Å²) in [6, 6.07) is 11.7. The van der Waals surface area contributed by atoms with Gasteiger partial charge in [0.15, 0.2) is 0 Å². The number of benzene rings is 2. The molecule has 2 aliphatic rings. The minimum absolute atomic E-state index is 0.281. The number of fused-ring (bicyclic) bond motifs is 2. The van der Waals surface area contributed by atoms with Crippen LogP contribution in [0.15, 0.2) is 53.0 Å². The topological polar surface area (TPSA) is 50.7 Å². The number of amidine groups is 1. The lowest BCUT2D eigenvalue weighted by molar-refractivity contribution is -0.117. The minimum atomic E-state index is -0.712. The van der Waals surface area contributed by atoms with Crippen molar-refractivity contribution in [2.75, 3.05) is 0 Å². The summed E-state index contributed by atoms with van der Waals surface area (Å²) in [5.74, 6) is 0.370. The first-order valence-corrected chi connectivity index (χ1v) is 7.25. The number of halogens is 1. The summed E-state index contributed by atoms with van der Waals surface area (Å²) >= 11 is 0. The number of nitrogens with one attached hydrogen (secondary N) is 1. The van der Waals surface area contributed by atoms with E-state index in [4.69, 9.17) is 4.74 Å². The van der Waals surface area contributed by atoms with Crippen molar-refractivity contribution in [3.05, 3.63) is 70.5 Å². The lowest BCUT2D eigenvalue weighted by Crippen LogP contribution is -2.43. The molecule has 0 saturated carbocycles. The summed E-state index contributed by atoms with van der Waals surface area (Å²) in [5.41, 5.74) is 2.79. The minimum Gasteiger partial charge on any atom is -0.463 e. The normalized spacial score (nSPS) is 18.9. The van der Waals surface area contributed by atoms with E-state index >= 15 is 0 Å². The van der Waals surface area contributed by atoms with E-state index in [2.05, 4.69) is 10.3 Å². The third kappa shape index (κ3) is 2.30. The zero-order chi connectivity index (χ0) is 16.0. The number of hydrogen-bond donors (Lipinski definition) is 1. The molecule has 0 bridgehead atoms. The summed E-state index contributed by atoms with van der Waals surface area (Å²) in [4.78, 5) is 16.8. The van der Waals surface area contributed by atoms with Crippen LogP contribution in [-0.2, 0) is 4.79 Å². The predicted molar refractivity (Wildman–Crippen MR) is 84.7 cm³/mol. The van der Waals surface area contributed by atoms with Crippen LogP contribution >= 0.6 is 0 Å². The Hall–Kier alpha value is -2.95. The number of hydrogen-bond acceptors (Lipinski definition) is 3. The van der Waals surface area contributed by atoms with Crippen molar-refractivity contribution in [3.63, 3.8) is 0 Å². The van der Waals surface area contributed by atoms with Crippen molar-refractivity contribution < 1.29 is 13.9 Å². The highest BCUT2D eigenvalue weighted by Crippen LogP contribution is 2.34. The second-order valence-electron chi connectivity index (χ2n) is 5.51. The monoisotopic (exact) mass is 308 g/mol. The molecule has 2 aromatic rings. The molecule has 5 heteroatoms. The van der Waals surface area contributed by atoms with Crippen molar-refractivity contribution >= 4 is 17.8 Å². The van der Waals surface area contributed by atoms with Gasteiger partial charge in [0.05, 0.1) is 5.57 Å². The van der Waals surface area contributed by atoms with E-state index in [0.29, 0.717) is 17.0 Å². The Labute approximate surface area is 132 Å². The van der Waals surface area contributed by atoms with Crippen LogP contribution in [0.4, 0.5) is 4.39 Å². The van der Waals surface area contributed by atoms with Crippen LogP contribution < -0.4 is 10.1 Å². The summed E-state index contributed by atoms with van der Waals surface area (Å²) < 4.78 is 19.3. The van der Waals surface area contributed by atoms with Gasteiger partial charge in [-0.05, 0) is 30.7 Å². The average molecular weight is 308 g/mol. The van der Waals surface area contributed by atoms with Crippen LogP contribution in [0.1, 0.15) is 16.7 Å². The van der Waals surface area contributed by atoms with Crippen LogP contribution in [0.2, 0.25) is 0 Å². The molecule has 4 rings (SSSR count). The van der Waals surface area contributed by atoms with Gasteiger partial charge in [0.1, 0.15) is 17.4 Å². The molecular weight excluding hydrogens is 295 g/mol. The first kappa shape index (κ1) is 13.7. The SMILES string of the molecule is Cc1cccc2c1OC1N=C(c3cccc(F)c3)NC(=O)C1=C2. The molecule has 114 valence electrons. The van der Waals surface area contributed by atoms with Crippen molar-refractivity contribution in [3.8, 4) is 5.75 Å². The third-order valence-electron chi connectivity index (χ3n) is 3.89. The number of para-hydroxylation sites is 1. The summed E-state index contributed by atoms with van der Waals surface area (Å²) in [7, 11) is 0. The maximum Gasteiger partial charge on any atom is 0.258 e. The number of nitrogens with zero attached hydrogens (tertiary/aromatic N) is 1. The fourth-order valence-corrected chi connectivity index (χ4v) is 2.75. The maximum absolute atomic E-state index is 13.4. The number of aryl methyl sites for hydroxylation is 1. The highest BCUT2D eigenvalue weighted by atomic mass is 19.1. The van der Waals surface area contributed by atoms with E-state index in [9.17, 15) is 9.18 Å². The molecule has 0 spiro atoms. The molecule has 2 heterocycles. The Bertz CT molecular complexity index is 886. The first-order chi connectivity index (χ1) is 11.1. The van der Waals surface area contributed by atoms with E-state index in [1.807, 2.05) is 25.1 Å². The molecule has 1 atom stereocenters. The van der Waals surface area contributed by atoms with Crippen molar-refractivity contribution in [2.24, 2.45) is 4.99 Å². The number of ether oxygens (including phenoxy) is 1. The smallest absolute Gasteiger partial charge is 0.258 e. The molecule has 1 amide bonds. The standard InChI is InChI=1S/C18H13FN2O2/c1-10-4-2-5-11-9-14-17(22)20-16(21-18(14)23-15(10)11)12-6-3-7-13(19)8-12/h2-9,18H,1H3,(H,20,21,22). The largest absolute Gasteiger partial charge is 0.463 e. The van der Waals surface area contributed by atoms with Gasteiger partial charge in [-0.15, -0.1) is 0 Å². The van der Waals surface area contributed by atoms with Gasteiger partial charge in [0.25, 0.3) is 5.91 Å². The van der Waals surface area contributed by atoms with E-state index in [-0.39, 0.29) is 11.7 Å². The van der Waals surface area contributed by atoms with Gasteiger partial charge in [-0.3, -0.25) is 4.79 Å². The molecule has 0 fully saturated rings. The van der Waals surface area contributed by atoms with Crippen LogP contribution in [0.3, 0.4) is 0 Å². The van der Waals surface area contributed by atoms with Crippen LogP contribution in [-0.4, -0.2) is 18.0 Å². The number of rotatable bonds is 1. The first-order valence-electron chi connectivity index (χ1n) is 7.25. The highest BCUT2D eigenvalue weighted by molar-refractivity contribution is 6.16. The van der Waals surface area contributed by atoms with Gasteiger partial charge in [0.2, 0.25) is 6.23 Å². The molecule has 0 aromatic heterocycles. The molecular formula is C18H13FN2O2. The summed E-state index contributed by atoms with van der Waals surface area (Å²) in [6.45, 7) is 1.94. The van der Waals surface area contributed by atoms with Crippen LogP contribution in [0.5, 0.6) is 5.75 Å². The van der Waals surface area contributed by atoms with Gasteiger partial charge in [-0.2, -0.15) is 0 Å². The van der Waals surface area contributed by atoms with E-state index in [1.165, 1.54) is 12.1 Å². The molecule has 0 radical (unpaired) electrons. The highest BCUT2D eigenvalue weighted by Gasteiger charge is 2.33. The molecule has 1 N–H and O–H groups in total. The molecule has 4 nitrogen and oxygen atoms in total. The lowest BCUT2D eigenvalue weighted by atomic mass is 10.0. The molecule has 1 unspecified atom stereocenters. The van der Waals surface area contributed by atoms with Gasteiger partial charge >= 0.3 is 0 Å². The summed E-state index contributed by atoms with van der Waals surface area (Å²) in [5, 5.41) is 2.70. The van der Waals surface area contributed by atoms with Crippen molar-refractivity contribution in [1.82, 2.24) is 5.32 Å². The Morgan fingerprint density at radius 2 is 2.04 bits per heavy atom. The molecule has 2 aromatic carbocycles. The van der Waals surface area contributed by atoms with Crippen molar-refractivity contribution in [2.45, 2.75) is 13.2 Å². The van der Waals surface area contributed by atoms with Gasteiger partial charge in [-0.25, -0.2) is 9.38 Å². The second-order valence-corrected chi connectivity index (χ2v) is 5.51. The van der Waals surface area contributed by atoms with E-state index < -0.39 is 6.23 Å². The zero-order valence-electron chi connectivity index (χ0n) is 12.3. The number of carbonyl (C=O) groups excluding carboxylic acids is 1. The molecule has 2 aliphatic heterocycles. The fraction of sp³-hybridized carbons (Fsp3) is 0.111. The van der Waals surface area contributed by atoms with Gasteiger partial charge in [0, 0.05) is 11.1 Å². The Morgan fingerprint density at radius 3 is 2.87 bits per heavy atom. The van der Waals surface area contributed by atoms with E-state index in [0.717, 1.165) is 16.9 Å². The lowest BCUT2D eigenvalue weighted by Gasteiger charge is -2.29. The molecule has 23 heavy (non-hydrogen) atoms. The second kappa shape index (κ2) is 5.05. The molecule has 0 saturated heterocycles. The third-order valence-corrected chi connectivity index (χ3v) is 3.89. The average Bonchev–Trinajstić information content (AvgIpc) is 2.54. The Balaban J connectivity index is 1.79. The Morgan fingerprint density at radius 1 is 1.22 bits per heavy atom. The Kier molecular flexibility index (Phi) is 3.01. The predicted octanol–water partition coefficient (Wildman–Crippen LogP) is 2.81. The molecule has 0 aliphatic carbocycles. The maximum atomic E-state index is 13.4. The van der Waals surface area contributed by atoms with Crippen LogP contribution in [0, 0.1) is 12.7 Å².